The van der Waals surface area contributed by atoms with Crippen LogP contribution in [0.1, 0.15) is 83.4 Å². The lowest BCUT2D eigenvalue weighted by molar-refractivity contribution is -0.116. The third-order valence-corrected chi connectivity index (χ3v) is 10.5. The Labute approximate surface area is 223 Å². The van der Waals surface area contributed by atoms with Crippen molar-refractivity contribution >= 4 is 33.8 Å². The molecule has 5 atom stereocenters. The molecule has 2 aliphatic heterocycles. The van der Waals surface area contributed by atoms with Crippen molar-refractivity contribution in [1.29, 1.82) is 0 Å². The van der Waals surface area contributed by atoms with Crippen LogP contribution >= 0.6 is 0 Å². The van der Waals surface area contributed by atoms with Crippen molar-refractivity contribution in [2.45, 2.75) is 95.0 Å². The van der Waals surface area contributed by atoms with Crippen LogP contribution in [0.25, 0.3) is 5.70 Å². The Balaban J connectivity index is 1.13. The topological polar surface area (TPSA) is 54.7 Å². The highest BCUT2D eigenvalue weighted by Crippen LogP contribution is 2.47. The van der Waals surface area contributed by atoms with Gasteiger partial charge in [0.25, 0.3) is 0 Å². The van der Waals surface area contributed by atoms with Crippen LogP contribution in [0.5, 0.6) is 0 Å². The van der Waals surface area contributed by atoms with Gasteiger partial charge in [-0.15, -0.1) is 0 Å². The number of aromatic nitrogens is 1. The lowest BCUT2D eigenvalue weighted by Crippen LogP contribution is -2.35. The van der Waals surface area contributed by atoms with E-state index in [1.54, 1.807) is 6.92 Å². The fourth-order valence-corrected chi connectivity index (χ4v) is 8.52. The van der Waals surface area contributed by atoms with Crippen LogP contribution in [0.15, 0.2) is 52.5 Å². The summed E-state index contributed by atoms with van der Waals surface area (Å²) in [5.74, 6) is 2.04. The third kappa shape index (κ3) is 4.45. The van der Waals surface area contributed by atoms with Gasteiger partial charge in [-0.05, 0) is 99.6 Å². The van der Waals surface area contributed by atoms with Crippen LogP contribution in [-0.4, -0.2) is 32.2 Å². The number of hydrogen-bond donors (Lipinski definition) is 0. The normalized spacial score (nSPS) is 29.6. The molecular weight excluding hydrogens is 478 g/mol. The van der Waals surface area contributed by atoms with E-state index in [1.807, 2.05) is 17.0 Å². The highest BCUT2D eigenvalue weighted by molar-refractivity contribution is 7.85. The van der Waals surface area contributed by atoms with Crippen LogP contribution in [0, 0.1) is 11.8 Å². The largest absolute Gasteiger partial charge is 0.317 e. The van der Waals surface area contributed by atoms with E-state index >= 15 is 0 Å². The molecule has 1 fully saturated rings. The second-order valence-electron chi connectivity index (χ2n) is 11.9. The zero-order valence-electron chi connectivity index (χ0n) is 22.4. The lowest BCUT2D eigenvalue weighted by atomic mass is 9.82. The number of aliphatic imine (C=N–C) groups is 1. The van der Waals surface area contributed by atoms with E-state index in [4.69, 9.17) is 4.99 Å². The Bertz CT molecular complexity index is 1310. The van der Waals surface area contributed by atoms with Gasteiger partial charge in [0.05, 0.1) is 27.9 Å². The van der Waals surface area contributed by atoms with Crippen molar-refractivity contribution in [3.63, 3.8) is 0 Å². The Morgan fingerprint density at radius 1 is 1.16 bits per heavy atom. The van der Waals surface area contributed by atoms with E-state index in [2.05, 4.69) is 48.9 Å². The van der Waals surface area contributed by atoms with Crippen LogP contribution in [0.3, 0.4) is 0 Å². The molecule has 1 spiro atoms. The third-order valence-electron chi connectivity index (χ3n) is 9.13. The predicted octanol–water partition coefficient (Wildman–Crippen LogP) is 6.48. The number of rotatable bonds is 4. The smallest absolute Gasteiger partial charge is 0.224 e. The number of fused-ring (bicyclic) bond motifs is 5. The van der Waals surface area contributed by atoms with Crippen LogP contribution in [-0.2, 0) is 27.6 Å². The minimum Gasteiger partial charge on any atom is -0.317 e. The van der Waals surface area contributed by atoms with Gasteiger partial charge in [0, 0.05) is 35.5 Å². The quantitative estimate of drug-likeness (QED) is 0.466. The fourth-order valence-electron chi connectivity index (χ4n) is 7.25. The molecule has 0 saturated heterocycles. The summed E-state index contributed by atoms with van der Waals surface area (Å²) in [6.45, 7) is 6.03. The van der Waals surface area contributed by atoms with E-state index in [9.17, 15) is 9.00 Å². The van der Waals surface area contributed by atoms with E-state index < -0.39 is 10.8 Å². The predicted molar refractivity (Wildman–Crippen MR) is 151 cm³/mol. The first kappa shape index (κ1) is 24.8. The minimum absolute atomic E-state index is 0.0758. The van der Waals surface area contributed by atoms with E-state index in [0.717, 1.165) is 61.1 Å². The summed E-state index contributed by atoms with van der Waals surface area (Å²) in [5.41, 5.74) is 6.02. The molecule has 3 heterocycles. The van der Waals surface area contributed by atoms with Gasteiger partial charge < -0.3 is 9.47 Å². The van der Waals surface area contributed by atoms with Gasteiger partial charge in [0.1, 0.15) is 5.54 Å². The van der Waals surface area contributed by atoms with Gasteiger partial charge in [0.2, 0.25) is 5.91 Å². The van der Waals surface area contributed by atoms with Crippen molar-refractivity contribution in [3.05, 3.63) is 53.9 Å². The summed E-state index contributed by atoms with van der Waals surface area (Å²) in [5, 5.41) is 0. The summed E-state index contributed by atoms with van der Waals surface area (Å²) >= 11 is 0. The SMILES string of the molecule is CC(=O)N1c2ccc(S(=O)CCC3CCCC4(CC3)N=C3CC(C)CC=C3n3cccc34)cc2CC1C. The molecule has 2 aliphatic carbocycles. The molecule has 1 aromatic carbocycles. The Kier molecular flexibility index (Phi) is 6.50. The number of benzene rings is 1. The molecule has 5 nitrogen and oxygen atoms in total. The second kappa shape index (κ2) is 9.68. The second-order valence-corrected chi connectivity index (χ2v) is 13.4. The van der Waals surface area contributed by atoms with Crippen molar-refractivity contribution in [1.82, 2.24) is 4.57 Å². The molecule has 1 saturated carbocycles. The number of hydrogen-bond acceptors (Lipinski definition) is 3. The van der Waals surface area contributed by atoms with E-state index in [0.29, 0.717) is 17.6 Å². The maximum atomic E-state index is 13.3. The zero-order valence-corrected chi connectivity index (χ0v) is 23.2. The van der Waals surface area contributed by atoms with E-state index in [-0.39, 0.29) is 17.5 Å². The molecule has 2 aromatic rings. The summed E-state index contributed by atoms with van der Waals surface area (Å²) < 4.78 is 15.7. The molecule has 37 heavy (non-hydrogen) atoms. The number of nitrogens with zero attached hydrogens (tertiary/aromatic N) is 3. The van der Waals surface area contributed by atoms with Crippen molar-refractivity contribution in [3.8, 4) is 0 Å². The monoisotopic (exact) mass is 517 g/mol. The van der Waals surface area contributed by atoms with Crippen LogP contribution in [0.4, 0.5) is 5.69 Å². The van der Waals surface area contributed by atoms with Gasteiger partial charge in [-0.2, -0.15) is 0 Å². The Morgan fingerprint density at radius 3 is 2.86 bits per heavy atom. The maximum absolute atomic E-state index is 13.3. The lowest BCUT2D eigenvalue weighted by Gasteiger charge is -2.38. The number of carbonyl (C=O) groups is 1. The maximum Gasteiger partial charge on any atom is 0.224 e. The first-order valence-electron chi connectivity index (χ1n) is 14.1. The average molecular weight is 518 g/mol. The summed E-state index contributed by atoms with van der Waals surface area (Å²) in [6, 6.07) is 10.7. The van der Waals surface area contributed by atoms with Crippen molar-refractivity contribution < 1.29 is 9.00 Å². The minimum atomic E-state index is -1.01. The highest BCUT2D eigenvalue weighted by Gasteiger charge is 2.41. The first-order chi connectivity index (χ1) is 17.8. The molecule has 4 aliphatic rings. The van der Waals surface area contributed by atoms with Gasteiger partial charge in [-0.25, -0.2) is 0 Å². The molecule has 5 unspecified atom stereocenters. The Hall–Kier alpha value is -2.47. The molecule has 6 rings (SSSR count). The van der Waals surface area contributed by atoms with Crippen LogP contribution < -0.4 is 4.90 Å². The molecule has 196 valence electrons. The summed E-state index contributed by atoms with van der Waals surface area (Å²) in [7, 11) is -1.01. The Morgan fingerprint density at radius 2 is 2.03 bits per heavy atom. The molecule has 0 N–H and O–H groups in total. The number of amides is 1. The van der Waals surface area contributed by atoms with Gasteiger partial charge >= 0.3 is 0 Å². The molecule has 1 amide bonds. The van der Waals surface area contributed by atoms with Crippen molar-refractivity contribution in [2.75, 3.05) is 10.7 Å². The fraction of sp³-hybridized carbons (Fsp3) is 0.548. The highest BCUT2D eigenvalue weighted by atomic mass is 32.2. The molecule has 0 bridgehead atoms. The molecular formula is C31H39N3O2S. The molecule has 1 aromatic heterocycles. The molecule has 0 radical (unpaired) electrons. The van der Waals surface area contributed by atoms with Gasteiger partial charge in [-0.3, -0.25) is 14.0 Å². The number of anilines is 1. The number of carbonyl (C=O) groups excluding carboxylic acids is 1. The van der Waals surface area contributed by atoms with E-state index in [1.165, 1.54) is 29.9 Å². The standard InChI is InChI=1S/C31H39N3O2S/c1-21-8-10-29-27(18-21)32-31(30-7-5-16-33(29)30)14-4-6-24(12-15-31)13-17-37(36)26-9-11-28-25(20-26)19-22(2)34(28)23(3)35/h5,7,9-11,16,20-22,24H,4,6,8,12-15,17-19H2,1-3H3. The van der Waals surface area contributed by atoms with Gasteiger partial charge in [0.15, 0.2) is 0 Å². The average Bonchev–Trinajstić information content (AvgIpc) is 3.43. The number of allylic oxidation sites excluding steroid dienone is 2. The molecule has 6 heteroatoms. The van der Waals surface area contributed by atoms with Gasteiger partial charge in [-0.1, -0.05) is 25.8 Å². The summed E-state index contributed by atoms with van der Waals surface area (Å²) in [6.07, 6.45) is 14.4. The van der Waals surface area contributed by atoms with Crippen LogP contribution in [0.2, 0.25) is 0 Å². The zero-order chi connectivity index (χ0) is 25.7. The summed E-state index contributed by atoms with van der Waals surface area (Å²) in [4.78, 5) is 20.3. The first-order valence-corrected chi connectivity index (χ1v) is 15.4. The van der Waals surface area contributed by atoms with Crippen molar-refractivity contribution in [2.24, 2.45) is 16.8 Å².